The predicted molar refractivity (Wildman–Crippen MR) is 140 cm³/mol. The fourth-order valence-corrected chi connectivity index (χ4v) is 3.95. The fraction of sp³-hybridized carbons (Fsp3) is 0.103. The van der Waals surface area contributed by atoms with Gasteiger partial charge in [-0.1, -0.05) is 55.1 Å². The number of aromatic nitrogens is 4. The van der Waals surface area contributed by atoms with Crippen LogP contribution in [0.5, 0.6) is 0 Å². The molecule has 0 spiro atoms. The van der Waals surface area contributed by atoms with E-state index in [2.05, 4.69) is 40.1 Å². The first kappa shape index (κ1) is 22.2. The lowest BCUT2D eigenvalue weighted by Gasteiger charge is -2.15. The molecule has 0 unspecified atom stereocenters. The maximum absolute atomic E-state index is 5.57. The minimum Gasteiger partial charge on any atom is -0.494 e. The zero-order chi connectivity index (χ0) is 24.0. The molecule has 3 aromatic heterocycles. The summed E-state index contributed by atoms with van der Waals surface area (Å²) in [6.07, 6.45) is 5.28. The Kier molecular flexibility index (Phi) is 6.44. The van der Waals surface area contributed by atoms with Crippen molar-refractivity contribution in [3.8, 4) is 22.5 Å². The molecule has 172 valence electrons. The van der Waals surface area contributed by atoms with Crippen LogP contribution < -0.4 is 5.32 Å². The van der Waals surface area contributed by atoms with E-state index < -0.39 is 0 Å². The van der Waals surface area contributed by atoms with Crippen LogP contribution in [0.15, 0.2) is 98.0 Å². The molecule has 2 aromatic carbocycles. The van der Waals surface area contributed by atoms with Crippen LogP contribution in [0, 0.1) is 0 Å². The number of nitrogens with one attached hydrogen (secondary N) is 1. The van der Waals surface area contributed by atoms with Crippen LogP contribution in [0.3, 0.4) is 0 Å². The highest BCUT2D eigenvalue weighted by molar-refractivity contribution is 6.02. The monoisotopic (exact) mass is 459 g/mol. The van der Waals surface area contributed by atoms with Crippen LogP contribution in [0.2, 0.25) is 0 Å². The average molecular weight is 460 g/mol. The molecule has 0 aliphatic heterocycles. The second kappa shape index (κ2) is 10.1. The summed E-state index contributed by atoms with van der Waals surface area (Å²) in [5.41, 5.74) is 5.52. The molecule has 0 radical (unpaired) electrons. The molecular weight excluding hydrogens is 434 g/mol. The second-order valence-corrected chi connectivity index (χ2v) is 7.95. The predicted octanol–water partition coefficient (Wildman–Crippen LogP) is 6.37. The van der Waals surface area contributed by atoms with E-state index in [0.29, 0.717) is 24.7 Å². The SMILES string of the molecule is C=C(OCC)c1cncc(-c2nc(NCc3ccccn3)c3c(-c4ccccc4)cccc3n2)c1. The van der Waals surface area contributed by atoms with Gasteiger partial charge in [0.05, 0.1) is 29.7 Å². The van der Waals surface area contributed by atoms with Gasteiger partial charge in [0, 0.05) is 29.7 Å². The van der Waals surface area contributed by atoms with Gasteiger partial charge in [0.1, 0.15) is 11.6 Å². The van der Waals surface area contributed by atoms with E-state index >= 15 is 0 Å². The summed E-state index contributed by atoms with van der Waals surface area (Å²) in [5.74, 6) is 1.89. The lowest BCUT2D eigenvalue weighted by molar-refractivity contribution is 0.299. The van der Waals surface area contributed by atoms with Crippen molar-refractivity contribution in [3.63, 3.8) is 0 Å². The number of pyridine rings is 2. The van der Waals surface area contributed by atoms with Crippen LogP contribution in [0.1, 0.15) is 18.2 Å². The molecule has 0 fully saturated rings. The van der Waals surface area contributed by atoms with Crippen molar-refractivity contribution in [3.05, 3.63) is 109 Å². The van der Waals surface area contributed by atoms with E-state index in [0.717, 1.165) is 44.7 Å². The van der Waals surface area contributed by atoms with Gasteiger partial charge < -0.3 is 10.1 Å². The first-order chi connectivity index (χ1) is 17.2. The van der Waals surface area contributed by atoms with Crippen LogP contribution in [-0.2, 0) is 11.3 Å². The zero-order valence-electron chi connectivity index (χ0n) is 19.5. The van der Waals surface area contributed by atoms with Crippen molar-refractivity contribution in [1.29, 1.82) is 0 Å². The molecule has 0 atom stereocenters. The van der Waals surface area contributed by atoms with Gasteiger partial charge in [-0.3, -0.25) is 9.97 Å². The Balaban J connectivity index is 1.64. The minimum atomic E-state index is 0.537. The molecule has 0 saturated carbocycles. The fourth-order valence-electron chi connectivity index (χ4n) is 3.95. The van der Waals surface area contributed by atoms with Gasteiger partial charge in [-0.05, 0) is 42.3 Å². The lowest BCUT2D eigenvalue weighted by Crippen LogP contribution is -2.06. The van der Waals surface area contributed by atoms with E-state index in [9.17, 15) is 0 Å². The third-order valence-corrected chi connectivity index (χ3v) is 5.61. The molecular formula is C29H25N5O. The second-order valence-electron chi connectivity index (χ2n) is 7.95. The minimum absolute atomic E-state index is 0.537. The van der Waals surface area contributed by atoms with E-state index in [-0.39, 0.29) is 0 Å². The molecule has 0 aliphatic carbocycles. The first-order valence-corrected chi connectivity index (χ1v) is 11.5. The molecule has 3 heterocycles. The summed E-state index contributed by atoms with van der Waals surface area (Å²) in [7, 11) is 0. The molecule has 6 nitrogen and oxygen atoms in total. The number of hydrogen-bond donors (Lipinski definition) is 1. The van der Waals surface area contributed by atoms with Gasteiger partial charge in [-0.2, -0.15) is 0 Å². The number of nitrogens with zero attached hydrogens (tertiary/aromatic N) is 4. The van der Waals surface area contributed by atoms with Gasteiger partial charge in [-0.25, -0.2) is 9.97 Å². The smallest absolute Gasteiger partial charge is 0.163 e. The quantitative estimate of drug-likeness (QED) is 0.272. The highest BCUT2D eigenvalue weighted by Gasteiger charge is 2.15. The molecule has 5 rings (SSSR count). The summed E-state index contributed by atoms with van der Waals surface area (Å²) in [6.45, 7) is 7.01. The topological polar surface area (TPSA) is 72.8 Å². The Morgan fingerprint density at radius 1 is 0.914 bits per heavy atom. The molecule has 0 aliphatic rings. The Morgan fingerprint density at radius 2 is 1.77 bits per heavy atom. The third kappa shape index (κ3) is 4.87. The summed E-state index contributed by atoms with van der Waals surface area (Å²) in [6, 6.07) is 24.2. The summed E-state index contributed by atoms with van der Waals surface area (Å²) in [4.78, 5) is 18.7. The van der Waals surface area contributed by atoms with Crippen molar-refractivity contribution < 1.29 is 4.74 Å². The summed E-state index contributed by atoms with van der Waals surface area (Å²) in [5, 5.41) is 4.47. The van der Waals surface area contributed by atoms with Gasteiger partial charge in [0.15, 0.2) is 5.82 Å². The highest BCUT2D eigenvalue weighted by Crippen LogP contribution is 2.34. The molecule has 5 aromatic rings. The van der Waals surface area contributed by atoms with Crippen molar-refractivity contribution >= 4 is 22.5 Å². The van der Waals surface area contributed by atoms with Crippen LogP contribution in [0.25, 0.3) is 39.2 Å². The maximum Gasteiger partial charge on any atom is 0.163 e. The van der Waals surface area contributed by atoms with Crippen molar-refractivity contribution in [2.24, 2.45) is 0 Å². The van der Waals surface area contributed by atoms with Gasteiger partial charge in [0.25, 0.3) is 0 Å². The van der Waals surface area contributed by atoms with Gasteiger partial charge in [-0.15, -0.1) is 0 Å². The molecule has 0 bridgehead atoms. The molecule has 0 amide bonds. The number of anilines is 1. The average Bonchev–Trinajstić information content (AvgIpc) is 2.92. The van der Waals surface area contributed by atoms with Gasteiger partial charge in [0.2, 0.25) is 0 Å². The molecule has 6 heteroatoms. The van der Waals surface area contributed by atoms with Crippen LogP contribution >= 0.6 is 0 Å². The molecule has 35 heavy (non-hydrogen) atoms. The molecule has 0 saturated heterocycles. The van der Waals surface area contributed by atoms with Crippen LogP contribution in [0.4, 0.5) is 5.82 Å². The highest BCUT2D eigenvalue weighted by atomic mass is 16.5. The summed E-state index contributed by atoms with van der Waals surface area (Å²) < 4.78 is 5.57. The Morgan fingerprint density at radius 3 is 2.57 bits per heavy atom. The number of benzene rings is 2. The van der Waals surface area contributed by atoms with E-state index in [1.807, 2.05) is 61.5 Å². The molecule has 1 N–H and O–H groups in total. The Hall–Kier alpha value is -4.58. The number of hydrogen-bond acceptors (Lipinski definition) is 6. The number of ether oxygens (including phenoxy) is 1. The first-order valence-electron chi connectivity index (χ1n) is 11.5. The Bertz CT molecular complexity index is 1470. The number of rotatable bonds is 8. The van der Waals surface area contributed by atoms with E-state index in [1.165, 1.54) is 0 Å². The lowest BCUT2D eigenvalue weighted by atomic mass is 10.0. The largest absolute Gasteiger partial charge is 0.494 e. The summed E-state index contributed by atoms with van der Waals surface area (Å²) >= 11 is 0. The van der Waals surface area contributed by atoms with E-state index in [1.54, 1.807) is 18.6 Å². The Labute approximate surface area is 204 Å². The van der Waals surface area contributed by atoms with Crippen molar-refractivity contribution in [1.82, 2.24) is 19.9 Å². The standard InChI is InChI=1S/C29H25N5O/c1-3-35-20(2)22-16-23(18-30-17-22)28-33-26-14-9-13-25(21-10-5-4-6-11-21)27(26)29(34-28)32-19-24-12-7-8-15-31-24/h4-18H,2-3,19H2,1H3,(H,32,33,34). The van der Waals surface area contributed by atoms with E-state index in [4.69, 9.17) is 14.7 Å². The zero-order valence-corrected chi connectivity index (χ0v) is 19.5. The van der Waals surface area contributed by atoms with Crippen molar-refractivity contribution in [2.75, 3.05) is 11.9 Å². The van der Waals surface area contributed by atoms with Crippen molar-refractivity contribution in [2.45, 2.75) is 13.5 Å². The van der Waals surface area contributed by atoms with Gasteiger partial charge >= 0.3 is 0 Å². The van der Waals surface area contributed by atoms with Crippen LogP contribution in [-0.4, -0.2) is 26.5 Å². The number of fused-ring (bicyclic) bond motifs is 1. The normalized spacial score (nSPS) is 10.8. The maximum atomic E-state index is 5.57. The third-order valence-electron chi connectivity index (χ3n) is 5.61.